The highest BCUT2D eigenvalue weighted by atomic mass is 32.2. The van der Waals surface area contributed by atoms with Crippen molar-refractivity contribution in [2.45, 2.75) is 31.2 Å². The van der Waals surface area contributed by atoms with Gasteiger partial charge in [0.2, 0.25) is 0 Å². The molecule has 8 heteroatoms. The molecule has 1 aliphatic rings. The molecule has 0 spiro atoms. The van der Waals surface area contributed by atoms with Crippen LogP contribution in [0.4, 0.5) is 5.69 Å². The number of hydrogen-bond acceptors (Lipinski definition) is 5. The van der Waals surface area contributed by atoms with Crippen molar-refractivity contribution in [2.24, 2.45) is 0 Å². The van der Waals surface area contributed by atoms with Gasteiger partial charge in [0, 0.05) is 6.54 Å². The minimum absolute atomic E-state index is 0.173. The van der Waals surface area contributed by atoms with Crippen LogP contribution in [0.5, 0.6) is 5.75 Å². The first-order valence-electron chi connectivity index (χ1n) is 10.1. The smallest absolute Gasteiger partial charge is 0.264 e. The van der Waals surface area contributed by atoms with Crippen molar-refractivity contribution in [3.05, 3.63) is 77.7 Å². The summed E-state index contributed by atoms with van der Waals surface area (Å²) in [6.45, 7) is 2.32. The Morgan fingerprint density at radius 1 is 1.16 bits per heavy atom. The summed E-state index contributed by atoms with van der Waals surface area (Å²) in [4.78, 5) is 12.2. The Bertz CT molecular complexity index is 1170. The number of aryl methyl sites for hydroxylation is 2. The van der Waals surface area contributed by atoms with Crippen LogP contribution in [-0.4, -0.2) is 27.5 Å². The predicted octanol–water partition coefficient (Wildman–Crippen LogP) is 3.42. The van der Waals surface area contributed by atoms with Crippen LogP contribution in [0.15, 0.2) is 70.2 Å². The molecule has 1 aliphatic heterocycles. The normalized spacial score (nSPS) is 13.5. The number of nitrogens with one attached hydrogen (secondary N) is 1. The topological polar surface area (TPSA) is 88.8 Å². The first-order valence-corrected chi connectivity index (χ1v) is 11.5. The maximum Gasteiger partial charge on any atom is 0.264 e. The SMILES string of the molecule is Cc1cc(S(=O)(=O)N2CCCc3ccccc32)ccc1OCC(=O)NCc1ccco1. The number of hydrogen-bond donors (Lipinski definition) is 1. The molecule has 0 saturated heterocycles. The highest BCUT2D eigenvalue weighted by molar-refractivity contribution is 7.92. The van der Waals surface area contributed by atoms with Crippen LogP contribution in [0, 0.1) is 6.92 Å². The number of furan rings is 1. The van der Waals surface area contributed by atoms with Crippen molar-refractivity contribution in [3.63, 3.8) is 0 Å². The quantitative estimate of drug-likeness (QED) is 0.608. The first kappa shape index (κ1) is 21.0. The van der Waals surface area contributed by atoms with Crippen molar-refractivity contribution in [1.82, 2.24) is 5.32 Å². The van der Waals surface area contributed by atoms with Crippen molar-refractivity contribution < 1.29 is 22.4 Å². The molecular formula is C23H24N2O5S. The number of amides is 1. The Morgan fingerprint density at radius 3 is 2.77 bits per heavy atom. The van der Waals surface area contributed by atoms with E-state index in [4.69, 9.17) is 9.15 Å². The van der Waals surface area contributed by atoms with Gasteiger partial charge in [0.05, 0.1) is 23.4 Å². The summed E-state index contributed by atoms with van der Waals surface area (Å²) in [5.74, 6) is 0.821. The van der Waals surface area contributed by atoms with Crippen LogP contribution in [0.3, 0.4) is 0 Å². The van der Waals surface area contributed by atoms with Crippen molar-refractivity contribution in [2.75, 3.05) is 17.5 Å². The summed E-state index contributed by atoms with van der Waals surface area (Å²) in [6.07, 6.45) is 3.19. The number of sulfonamides is 1. The van der Waals surface area contributed by atoms with Gasteiger partial charge < -0.3 is 14.5 Å². The number of rotatable bonds is 7. The first-order chi connectivity index (χ1) is 14.9. The molecule has 0 bridgehead atoms. The number of anilines is 1. The molecule has 0 aliphatic carbocycles. The average Bonchev–Trinajstić information content (AvgIpc) is 3.30. The van der Waals surface area contributed by atoms with Gasteiger partial charge in [-0.05, 0) is 67.3 Å². The highest BCUT2D eigenvalue weighted by Gasteiger charge is 2.29. The van der Waals surface area contributed by atoms with Crippen LogP contribution in [0.1, 0.15) is 23.3 Å². The lowest BCUT2D eigenvalue weighted by Crippen LogP contribution is -2.35. The van der Waals surface area contributed by atoms with Gasteiger partial charge in [-0.3, -0.25) is 9.10 Å². The average molecular weight is 441 g/mol. The van der Waals surface area contributed by atoms with E-state index >= 15 is 0 Å². The molecule has 1 aromatic heterocycles. The Balaban J connectivity index is 1.44. The van der Waals surface area contributed by atoms with E-state index in [1.807, 2.05) is 24.3 Å². The monoisotopic (exact) mass is 440 g/mol. The Kier molecular flexibility index (Phi) is 5.99. The minimum atomic E-state index is -3.69. The largest absolute Gasteiger partial charge is 0.484 e. The third kappa shape index (κ3) is 4.59. The molecule has 2 heterocycles. The van der Waals surface area contributed by atoms with Crippen molar-refractivity contribution in [3.8, 4) is 5.75 Å². The summed E-state index contributed by atoms with van der Waals surface area (Å²) in [5, 5.41) is 2.70. The molecule has 0 saturated carbocycles. The third-order valence-corrected chi connectivity index (χ3v) is 7.01. The van der Waals surface area contributed by atoms with E-state index in [0.29, 0.717) is 23.6 Å². The fourth-order valence-corrected chi connectivity index (χ4v) is 5.24. The molecule has 0 radical (unpaired) electrons. The number of carbonyl (C=O) groups excluding carboxylic acids is 1. The van der Waals surface area contributed by atoms with E-state index in [1.54, 1.807) is 37.5 Å². The van der Waals surface area contributed by atoms with Gasteiger partial charge in [0.25, 0.3) is 15.9 Å². The second-order valence-corrected chi connectivity index (χ2v) is 9.24. The number of para-hydroxylation sites is 1. The van der Waals surface area contributed by atoms with Crippen molar-refractivity contribution >= 4 is 21.6 Å². The minimum Gasteiger partial charge on any atom is -0.484 e. The molecule has 1 amide bonds. The molecule has 0 unspecified atom stereocenters. The zero-order valence-corrected chi connectivity index (χ0v) is 18.0. The van der Waals surface area contributed by atoms with E-state index in [-0.39, 0.29) is 24.0 Å². The molecule has 162 valence electrons. The van der Waals surface area contributed by atoms with Gasteiger partial charge in [-0.25, -0.2) is 8.42 Å². The predicted molar refractivity (Wildman–Crippen MR) is 117 cm³/mol. The summed E-state index contributed by atoms with van der Waals surface area (Å²) in [7, 11) is -3.69. The lowest BCUT2D eigenvalue weighted by molar-refractivity contribution is -0.123. The molecule has 3 aromatic rings. The standard InChI is InChI=1S/C23H24N2O5S/c1-17-14-20(31(27,28)25-12-4-7-18-6-2-3-9-21(18)25)10-11-22(17)30-16-23(26)24-15-19-8-5-13-29-19/h2-3,5-6,8-11,13-14H,4,7,12,15-16H2,1H3,(H,24,26). The lowest BCUT2D eigenvalue weighted by atomic mass is 10.0. The molecular weight excluding hydrogens is 416 g/mol. The Hall–Kier alpha value is -3.26. The molecule has 7 nitrogen and oxygen atoms in total. The number of ether oxygens (including phenoxy) is 1. The maximum atomic E-state index is 13.3. The molecule has 4 rings (SSSR count). The van der Waals surface area contributed by atoms with Gasteiger partial charge in [-0.15, -0.1) is 0 Å². The Labute approximate surface area is 181 Å². The Morgan fingerprint density at radius 2 is 2.00 bits per heavy atom. The number of fused-ring (bicyclic) bond motifs is 1. The summed E-state index contributed by atoms with van der Waals surface area (Å²) in [6, 6.07) is 15.8. The highest BCUT2D eigenvalue weighted by Crippen LogP contribution is 2.33. The molecule has 2 aromatic carbocycles. The van der Waals surface area contributed by atoms with Crippen LogP contribution in [0.2, 0.25) is 0 Å². The van der Waals surface area contributed by atoms with E-state index in [1.165, 1.54) is 10.4 Å². The second kappa shape index (κ2) is 8.85. The van der Waals surface area contributed by atoms with Gasteiger partial charge in [0.1, 0.15) is 11.5 Å². The van der Waals surface area contributed by atoms with Gasteiger partial charge in [0.15, 0.2) is 6.61 Å². The van der Waals surface area contributed by atoms with E-state index in [9.17, 15) is 13.2 Å². The van der Waals surface area contributed by atoms with Crippen LogP contribution in [-0.2, 0) is 27.8 Å². The van der Waals surface area contributed by atoms with E-state index in [2.05, 4.69) is 5.32 Å². The van der Waals surface area contributed by atoms with Crippen LogP contribution < -0.4 is 14.4 Å². The van der Waals surface area contributed by atoms with Crippen molar-refractivity contribution in [1.29, 1.82) is 0 Å². The fourth-order valence-electron chi connectivity index (χ4n) is 3.61. The van der Waals surface area contributed by atoms with Gasteiger partial charge >= 0.3 is 0 Å². The number of nitrogens with zero attached hydrogens (tertiary/aromatic N) is 1. The summed E-state index contributed by atoms with van der Waals surface area (Å²) >= 11 is 0. The van der Waals surface area contributed by atoms with Crippen LogP contribution >= 0.6 is 0 Å². The van der Waals surface area contributed by atoms with E-state index < -0.39 is 10.0 Å². The van der Waals surface area contributed by atoms with Gasteiger partial charge in [-0.1, -0.05) is 18.2 Å². The zero-order valence-electron chi connectivity index (χ0n) is 17.2. The molecule has 0 fully saturated rings. The molecule has 31 heavy (non-hydrogen) atoms. The summed E-state index contributed by atoms with van der Waals surface area (Å²) in [5.41, 5.74) is 2.42. The lowest BCUT2D eigenvalue weighted by Gasteiger charge is -2.30. The maximum absolute atomic E-state index is 13.3. The summed E-state index contributed by atoms with van der Waals surface area (Å²) < 4.78 is 38.8. The van der Waals surface area contributed by atoms with Crippen LogP contribution in [0.25, 0.3) is 0 Å². The molecule has 0 atom stereocenters. The molecule has 1 N–H and O–H groups in total. The number of benzene rings is 2. The van der Waals surface area contributed by atoms with Gasteiger partial charge in [-0.2, -0.15) is 0 Å². The fraction of sp³-hybridized carbons (Fsp3) is 0.261. The number of carbonyl (C=O) groups is 1. The third-order valence-electron chi connectivity index (χ3n) is 5.20. The van der Waals surface area contributed by atoms with E-state index in [0.717, 1.165) is 24.1 Å². The zero-order chi connectivity index (χ0) is 21.8. The second-order valence-electron chi connectivity index (χ2n) is 7.38.